The predicted octanol–water partition coefficient (Wildman–Crippen LogP) is 2.71. The van der Waals surface area contributed by atoms with Gasteiger partial charge >= 0.3 is 0 Å². The lowest BCUT2D eigenvalue weighted by molar-refractivity contribution is -0.114. The number of nitrogens with zero attached hydrogens (tertiary/aromatic N) is 2. The van der Waals surface area contributed by atoms with Gasteiger partial charge in [0.2, 0.25) is 10.0 Å². The van der Waals surface area contributed by atoms with Gasteiger partial charge in [-0.05, 0) is 55.0 Å². The van der Waals surface area contributed by atoms with Crippen molar-refractivity contribution in [2.24, 2.45) is 10.2 Å². The van der Waals surface area contributed by atoms with Crippen LogP contribution < -0.4 is 19.6 Å². The average molecular weight is 427 g/mol. The molecule has 0 spiro atoms. The highest BCUT2D eigenvalue weighted by Crippen LogP contribution is 2.31. The maximum Gasteiger partial charge on any atom is 0.280 e. The van der Waals surface area contributed by atoms with E-state index >= 15 is 0 Å². The molecule has 3 rings (SSSR count). The van der Waals surface area contributed by atoms with Crippen LogP contribution in [0.5, 0.6) is 11.5 Å². The largest absolute Gasteiger partial charge is 0.493 e. The summed E-state index contributed by atoms with van der Waals surface area (Å²) in [6.45, 7) is 5.69. The summed E-state index contributed by atoms with van der Waals surface area (Å²) in [4.78, 5) is 12.9. The minimum Gasteiger partial charge on any atom is -0.493 e. The Labute approximate surface area is 175 Å². The average Bonchev–Trinajstić information content (AvgIpc) is 3.00. The Kier molecular flexibility index (Phi) is 6.04. The van der Waals surface area contributed by atoms with Crippen molar-refractivity contribution in [2.75, 3.05) is 18.7 Å². The van der Waals surface area contributed by atoms with Gasteiger partial charge in [-0.1, -0.05) is 18.7 Å². The Bertz CT molecular complexity index is 1150. The van der Waals surface area contributed by atoms with Gasteiger partial charge in [-0.15, -0.1) is 0 Å². The fraction of sp³-hybridized carbons (Fsp3) is 0.143. The molecular weight excluding hydrogens is 406 g/mol. The number of methoxy groups -OCH3 is 1. The van der Waals surface area contributed by atoms with Gasteiger partial charge in [-0.2, -0.15) is 10.1 Å². The molecule has 0 radical (unpaired) electrons. The Balaban J connectivity index is 1.88. The van der Waals surface area contributed by atoms with Crippen LogP contribution >= 0.6 is 0 Å². The van der Waals surface area contributed by atoms with Crippen LogP contribution in [0.15, 0.2) is 70.7 Å². The summed E-state index contributed by atoms with van der Waals surface area (Å²) in [5.74, 6) is 0.766. The Morgan fingerprint density at radius 3 is 2.47 bits per heavy atom. The van der Waals surface area contributed by atoms with Gasteiger partial charge < -0.3 is 9.47 Å². The van der Waals surface area contributed by atoms with Crippen LogP contribution in [0.4, 0.5) is 5.69 Å². The summed E-state index contributed by atoms with van der Waals surface area (Å²) in [7, 11) is -2.28. The summed E-state index contributed by atoms with van der Waals surface area (Å²) >= 11 is 0. The van der Waals surface area contributed by atoms with E-state index < -0.39 is 10.0 Å². The molecule has 1 heterocycles. The molecule has 0 bridgehead atoms. The van der Waals surface area contributed by atoms with E-state index in [4.69, 9.17) is 14.6 Å². The molecular formula is C21H21N3O5S. The third-order valence-corrected chi connectivity index (χ3v) is 5.26. The van der Waals surface area contributed by atoms with Crippen LogP contribution in [0.2, 0.25) is 0 Å². The summed E-state index contributed by atoms with van der Waals surface area (Å²) in [6.07, 6.45) is 3.34. The normalized spacial score (nSPS) is 15.3. The lowest BCUT2D eigenvalue weighted by Gasteiger charge is -2.12. The van der Waals surface area contributed by atoms with Crippen LogP contribution in [0.3, 0.4) is 0 Å². The van der Waals surface area contributed by atoms with E-state index in [1.165, 1.54) is 36.4 Å². The molecule has 1 amide bonds. The van der Waals surface area contributed by atoms with Crippen molar-refractivity contribution in [1.82, 2.24) is 0 Å². The number of ether oxygens (including phenoxy) is 2. The first-order chi connectivity index (χ1) is 14.2. The molecule has 8 nitrogen and oxygen atoms in total. The second kappa shape index (κ2) is 8.52. The van der Waals surface area contributed by atoms with E-state index in [0.29, 0.717) is 35.1 Å². The molecule has 0 fully saturated rings. The maximum atomic E-state index is 12.9. The van der Waals surface area contributed by atoms with E-state index in [9.17, 15) is 13.2 Å². The zero-order valence-corrected chi connectivity index (χ0v) is 17.3. The van der Waals surface area contributed by atoms with Crippen molar-refractivity contribution in [3.8, 4) is 11.5 Å². The molecule has 1 aliphatic rings. The maximum absolute atomic E-state index is 12.9. The number of anilines is 1. The SMILES string of the molecule is C=CCOc1ccc(C=C2C(=O)N(c3ccc(S(N)(=O)=O)cc3)N=C2C)cc1OC. The number of nitrogens with two attached hydrogens (primary N) is 1. The lowest BCUT2D eigenvalue weighted by atomic mass is 10.1. The van der Waals surface area contributed by atoms with Crippen LogP contribution in [0.25, 0.3) is 6.08 Å². The fourth-order valence-electron chi connectivity index (χ4n) is 2.84. The van der Waals surface area contributed by atoms with E-state index in [2.05, 4.69) is 11.7 Å². The first kappa shape index (κ1) is 21.3. The van der Waals surface area contributed by atoms with Gasteiger partial charge in [0.15, 0.2) is 11.5 Å². The quantitative estimate of drug-likeness (QED) is 0.539. The van der Waals surface area contributed by atoms with E-state index in [-0.39, 0.29) is 10.8 Å². The first-order valence-corrected chi connectivity index (χ1v) is 10.5. The first-order valence-electron chi connectivity index (χ1n) is 8.91. The molecule has 30 heavy (non-hydrogen) atoms. The van der Waals surface area contributed by atoms with Gasteiger partial charge in [-0.3, -0.25) is 4.79 Å². The number of hydrogen-bond donors (Lipinski definition) is 1. The summed E-state index contributed by atoms with van der Waals surface area (Å²) < 4.78 is 33.7. The molecule has 0 atom stereocenters. The van der Waals surface area contributed by atoms with Gasteiger partial charge in [0, 0.05) is 0 Å². The number of hydrazone groups is 1. The number of benzene rings is 2. The standard InChI is InChI=1S/C21H21N3O5S/c1-4-11-29-19-10-5-15(13-20(19)28-3)12-18-14(2)23-24(21(18)25)16-6-8-17(9-7-16)30(22,26)27/h4-10,12-13H,1,11H2,2-3H3,(H2,22,26,27). The highest BCUT2D eigenvalue weighted by molar-refractivity contribution is 7.89. The lowest BCUT2D eigenvalue weighted by Crippen LogP contribution is -2.21. The van der Waals surface area contributed by atoms with Crippen LogP contribution in [0.1, 0.15) is 12.5 Å². The molecule has 2 aromatic rings. The van der Waals surface area contributed by atoms with Crippen molar-refractivity contribution in [2.45, 2.75) is 11.8 Å². The van der Waals surface area contributed by atoms with Crippen LogP contribution in [-0.2, 0) is 14.8 Å². The molecule has 0 saturated heterocycles. The zero-order chi connectivity index (χ0) is 21.9. The number of carbonyl (C=O) groups excluding carboxylic acids is 1. The molecule has 9 heteroatoms. The number of hydrogen-bond acceptors (Lipinski definition) is 6. The van der Waals surface area contributed by atoms with Gasteiger partial charge in [-0.25, -0.2) is 13.6 Å². The number of carbonyl (C=O) groups is 1. The molecule has 1 aliphatic heterocycles. The van der Waals surface area contributed by atoms with Crippen molar-refractivity contribution < 1.29 is 22.7 Å². The number of sulfonamides is 1. The molecule has 0 saturated carbocycles. The second-order valence-corrected chi connectivity index (χ2v) is 7.97. The van der Waals surface area contributed by atoms with Crippen molar-refractivity contribution in [3.63, 3.8) is 0 Å². The van der Waals surface area contributed by atoms with Gasteiger partial charge in [0.1, 0.15) is 6.61 Å². The molecule has 0 aromatic heterocycles. The minimum atomic E-state index is -3.81. The predicted molar refractivity (Wildman–Crippen MR) is 115 cm³/mol. The number of amides is 1. The Hall–Kier alpha value is -3.43. The van der Waals surface area contributed by atoms with Gasteiger partial charge in [0.25, 0.3) is 5.91 Å². The zero-order valence-electron chi connectivity index (χ0n) is 16.5. The monoisotopic (exact) mass is 427 g/mol. The van der Waals surface area contributed by atoms with Crippen molar-refractivity contribution in [1.29, 1.82) is 0 Å². The molecule has 0 unspecified atom stereocenters. The summed E-state index contributed by atoms with van der Waals surface area (Å²) in [5, 5.41) is 10.6. The van der Waals surface area contributed by atoms with Crippen molar-refractivity contribution in [3.05, 3.63) is 66.3 Å². The Morgan fingerprint density at radius 2 is 1.87 bits per heavy atom. The Morgan fingerprint density at radius 1 is 1.17 bits per heavy atom. The number of rotatable bonds is 7. The van der Waals surface area contributed by atoms with Crippen LogP contribution in [0, 0.1) is 0 Å². The van der Waals surface area contributed by atoms with Crippen molar-refractivity contribution >= 4 is 33.4 Å². The van der Waals surface area contributed by atoms with Crippen LogP contribution in [-0.4, -0.2) is 33.8 Å². The topological polar surface area (TPSA) is 111 Å². The third kappa shape index (κ3) is 4.42. The van der Waals surface area contributed by atoms with E-state index in [1.54, 1.807) is 37.3 Å². The van der Waals surface area contributed by atoms with Gasteiger partial charge in [0.05, 0.1) is 29.0 Å². The molecule has 156 valence electrons. The summed E-state index contributed by atoms with van der Waals surface area (Å²) in [6, 6.07) is 10.9. The second-order valence-electron chi connectivity index (χ2n) is 6.41. The van der Waals surface area contributed by atoms with E-state index in [1.807, 2.05) is 0 Å². The molecule has 2 N–H and O–H groups in total. The minimum absolute atomic E-state index is 0.0415. The fourth-order valence-corrected chi connectivity index (χ4v) is 3.36. The third-order valence-electron chi connectivity index (χ3n) is 4.33. The number of primary sulfonamides is 1. The summed E-state index contributed by atoms with van der Waals surface area (Å²) in [5.41, 5.74) is 2.11. The highest BCUT2D eigenvalue weighted by Gasteiger charge is 2.29. The highest BCUT2D eigenvalue weighted by atomic mass is 32.2. The smallest absolute Gasteiger partial charge is 0.280 e. The molecule has 0 aliphatic carbocycles. The molecule has 2 aromatic carbocycles. The van der Waals surface area contributed by atoms with E-state index in [0.717, 1.165) is 5.56 Å².